The van der Waals surface area contributed by atoms with E-state index in [1.54, 1.807) is 0 Å². The molecule has 4 nitrogen and oxygen atoms in total. The lowest BCUT2D eigenvalue weighted by atomic mass is 9.81. The van der Waals surface area contributed by atoms with Crippen LogP contribution in [0, 0.1) is 22.7 Å². The summed E-state index contributed by atoms with van der Waals surface area (Å²) >= 11 is 0. The Labute approximate surface area is 311 Å². The van der Waals surface area contributed by atoms with Crippen molar-refractivity contribution in [2.24, 2.45) is 0 Å². The van der Waals surface area contributed by atoms with Crippen molar-refractivity contribution in [3.8, 4) is 23.3 Å². The standard InChI is InChI=1S/C49H36N4/c1-49(2)47-31-36(14-13-35-15-22-41(23-16-35)52(39-9-5-3-6-10-39)40-11-7-4-8-12-40)21-29-45(47)46-30-28-44(32-48(46)49)53(42-24-17-37(33-50)18-25-42)43-26-19-38(34-51)20-27-43/h3-32H,1-2H3/b14-13+. The van der Waals surface area contributed by atoms with Gasteiger partial charge in [-0.05, 0) is 130 Å². The smallest absolute Gasteiger partial charge is 0.0991 e. The highest BCUT2D eigenvalue weighted by atomic mass is 15.1. The highest BCUT2D eigenvalue weighted by Crippen LogP contribution is 2.51. The molecule has 0 saturated carbocycles. The topological polar surface area (TPSA) is 54.1 Å². The first kappa shape index (κ1) is 33.0. The molecule has 0 amide bonds. The summed E-state index contributed by atoms with van der Waals surface area (Å²) in [5.74, 6) is 0. The van der Waals surface area contributed by atoms with Gasteiger partial charge in [-0.2, -0.15) is 10.5 Å². The van der Waals surface area contributed by atoms with Crippen LogP contribution in [0.4, 0.5) is 34.1 Å². The van der Waals surface area contributed by atoms with Gasteiger partial charge in [0.25, 0.3) is 0 Å². The Balaban J connectivity index is 1.08. The summed E-state index contributed by atoms with van der Waals surface area (Å²) in [5, 5.41) is 18.8. The van der Waals surface area contributed by atoms with Gasteiger partial charge in [0, 0.05) is 39.5 Å². The molecular weight excluding hydrogens is 645 g/mol. The number of hydrogen-bond acceptors (Lipinski definition) is 4. The number of anilines is 6. The van der Waals surface area contributed by atoms with Crippen LogP contribution in [0.2, 0.25) is 0 Å². The Kier molecular flexibility index (Phi) is 8.65. The van der Waals surface area contributed by atoms with E-state index in [4.69, 9.17) is 0 Å². The molecule has 0 aromatic heterocycles. The van der Waals surface area contributed by atoms with Gasteiger partial charge in [-0.25, -0.2) is 0 Å². The van der Waals surface area contributed by atoms with Gasteiger partial charge in [0.05, 0.1) is 23.3 Å². The number of benzene rings is 7. The summed E-state index contributed by atoms with van der Waals surface area (Å²) in [6.07, 6.45) is 4.38. The Hall–Kier alpha value is -7.14. The first-order chi connectivity index (χ1) is 25.9. The van der Waals surface area contributed by atoms with E-state index in [0.29, 0.717) is 11.1 Å². The first-order valence-electron chi connectivity index (χ1n) is 17.7. The van der Waals surface area contributed by atoms with Gasteiger partial charge in [0.15, 0.2) is 0 Å². The van der Waals surface area contributed by atoms with Crippen LogP contribution in [-0.2, 0) is 5.41 Å². The van der Waals surface area contributed by atoms with Gasteiger partial charge in [0.2, 0.25) is 0 Å². The zero-order valence-electron chi connectivity index (χ0n) is 29.6. The van der Waals surface area contributed by atoms with Crippen LogP contribution in [0.15, 0.2) is 170 Å². The quantitative estimate of drug-likeness (QED) is 0.150. The van der Waals surface area contributed by atoms with Crippen molar-refractivity contribution >= 4 is 46.3 Å². The summed E-state index contributed by atoms with van der Waals surface area (Å²) in [6.45, 7) is 4.60. The summed E-state index contributed by atoms with van der Waals surface area (Å²) in [4.78, 5) is 4.45. The van der Waals surface area contributed by atoms with Crippen molar-refractivity contribution in [1.82, 2.24) is 0 Å². The number of nitriles is 2. The minimum Gasteiger partial charge on any atom is -0.311 e. The van der Waals surface area contributed by atoms with Gasteiger partial charge < -0.3 is 9.80 Å². The first-order valence-corrected chi connectivity index (χ1v) is 17.7. The second-order valence-electron chi connectivity index (χ2n) is 13.7. The molecular formula is C49H36N4. The fourth-order valence-corrected chi connectivity index (χ4v) is 7.33. The largest absolute Gasteiger partial charge is 0.311 e. The molecule has 0 saturated heterocycles. The molecule has 0 radical (unpaired) electrons. The lowest BCUT2D eigenvalue weighted by molar-refractivity contribution is 0.660. The van der Waals surface area contributed by atoms with Crippen LogP contribution in [0.3, 0.4) is 0 Å². The fourth-order valence-electron chi connectivity index (χ4n) is 7.33. The van der Waals surface area contributed by atoms with E-state index in [9.17, 15) is 10.5 Å². The van der Waals surface area contributed by atoms with E-state index in [0.717, 1.165) is 45.3 Å². The average Bonchev–Trinajstić information content (AvgIpc) is 3.44. The predicted octanol–water partition coefficient (Wildman–Crippen LogP) is 12.8. The normalized spacial score (nSPS) is 12.4. The molecule has 0 heterocycles. The van der Waals surface area contributed by atoms with Crippen molar-refractivity contribution in [3.63, 3.8) is 0 Å². The molecule has 7 aromatic rings. The number of nitrogens with zero attached hydrogens (tertiary/aromatic N) is 4. The molecule has 0 bridgehead atoms. The molecule has 53 heavy (non-hydrogen) atoms. The molecule has 1 aliphatic carbocycles. The van der Waals surface area contributed by atoms with Crippen LogP contribution in [-0.4, -0.2) is 0 Å². The van der Waals surface area contributed by atoms with Crippen LogP contribution < -0.4 is 9.80 Å². The average molecular weight is 681 g/mol. The molecule has 0 spiro atoms. The van der Waals surface area contributed by atoms with Crippen molar-refractivity contribution in [1.29, 1.82) is 10.5 Å². The molecule has 0 atom stereocenters. The molecule has 0 unspecified atom stereocenters. The zero-order valence-corrected chi connectivity index (χ0v) is 29.6. The molecule has 1 aliphatic rings. The maximum Gasteiger partial charge on any atom is 0.0991 e. The van der Waals surface area contributed by atoms with Crippen LogP contribution in [0.25, 0.3) is 23.3 Å². The van der Waals surface area contributed by atoms with E-state index in [-0.39, 0.29) is 5.41 Å². The van der Waals surface area contributed by atoms with E-state index in [1.165, 1.54) is 22.3 Å². The van der Waals surface area contributed by atoms with E-state index >= 15 is 0 Å². The van der Waals surface area contributed by atoms with E-state index in [1.807, 2.05) is 60.7 Å². The molecule has 7 aromatic carbocycles. The number of fused-ring (bicyclic) bond motifs is 3. The third-order valence-corrected chi connectivity index (χ3v) is 10.1. The minimum atomic E-state index is -0.231. The third-order valence-electron chi connectivity index (χ3n) is 10.1. The summed E-state index contributed by atoms with van der Waals surface area (Å²) in [5.41, 5.74) is 14.6. The van der Waals surface area contributed by atoms with Gasteiger partial charge in [-0.3, -0.25) is 0 Å². The lowest BCUT2D eigenvalue weighted by Crippen LogP contribution is -2.16. The van der Waals surface area contributed by atoms with Gasteiger partial charge in [-0.1, -0.05) is 98.8 Å². The second-order valence-corrected chi connectivity index (χ2v) is 13.7. The molecule has 8 rings (SSSR count). The van der Waals surface area contributed by atoms with Gasteiger partial charge in [-0.15, -0.1) is 0 Å². The Morgan fingerprint density at radius 2 is 0.792 bits per heavy atom. The molecule has 0 N–H and O–H groups in total. The van der Waals surface area contributed by atoms with Crippen LogP contribution >= 0.6 is 0 Å². The monoisotopic (exact) mass is 680 g/mol. The maximum absolute atomic E-state index is 9.42. The molecule has 0 fully saturated rings. The van der Waals surface area contributed by atoms with Crippen molar-refractivity contribution in [2.45, 2.75) is 19.3 Å². The van der Waals surface area contributed by atoms with Crippen molar-refractivity contribution < 1.29 is 0 Å². The molecule has 0 aliphatic heterocycles. The van der Waals surface area contributed by atoms with Gasteiger partial charge in [0.1, 0.15) is 0 Å². The Morgan fingerprint density at radius 3 is 1.30 bits per heavy atom. The van der Waals surface area contributed by atoms with Crippen molar-refractivity contribution in [3.05, 3.63) is 203 Å². The Bertz CT molecular complexity index is 2420. The number of rotatable bonds is 8. The van der Waals surface area contributed by atoms with E-state index in [2.05, 4.69) is 157 Å². The molecule has 4 heteroatoms. The third kappa shape index (κ3) is 6.36. The molecule has 252 valence electrons. The summed E-state index contributed by atoms with van der Waals surface area (Å²) in [7, 11) is 0. The SMILES string of the molecule is CC1(C)c2cc(/C=C/c3ccc(N(c4ccccc4)c4ccccc4)cc3)ccc2-c2ccc(N(c3ccc(C#N)cc3)c3ccc(C#N)cc3)cc21. The van der Waals surface area contributed by atoms with E-state index < -0.39 is 0 Å². The number of para-hydroxylation sites is 2. The summed E-state index contributed by atoms with van der Waals surface area (Å²) in [6, 6.07) is 62.8. The lowest BCUT2D eigenvalue weighted by Gasteiger charge is -2.28. The minimum absolute atomic E-state index is 0.231. The zero-order chi connectivity index (χ0) is 36.4. The Morgan fingerprint density at radius 1 is 0.415 bits per heavy atom. The fraction of sp³-hybridized carbons (Fsp3) is 0.0612. The highest BCUT2D eigenvalue weighted by Gasteiger charge is 2.36. The second kappa shape index (κ2) is 13.9. The highest BCUT2D eigenvalue weighted by molar-refractivity contribution is 5.87. The van der Waals surface area contributed by atoms with Crippen LogP contribution in [0.1, 0.15) is 47.2 Å². The summed E-state index contributed by atoms with van der Waals surface area (Å²) < 4.78 is 0. The predicted molar refractivity (Wildman–Crippen MR) is 218 cm³/mol. The van der Waals surface area contributed by atoms with Crippen LogP contribution in [0.5, 0.6) is 0 Å². The maximum atomic E-state index is 9.42. The van der Waals surface area contributed by atoms with Gasteiger partial charge >= 0.3 is 0 Å². The number of hydrogen-bond donors (Lipinski definition) is 0. The van der Waals surface area contributed by atoms with Crippen molar-refractivity contribution in [2.75, 3.05) is 9.80 Å².